The molecule has 30 heavy (non-hydrogen) atoms. The number of rotatable bonds is 8. The lowest BCUT2D eigenvalue weighted by Gasteiger charge is -2.21. The van der Waals surface area contributed by atoms with Crippen molar-refractivity contribution in [1.82, 2.24) is 0 Å². The van der Waals surface area contributed by atoms with E-state index in [9.17, 15) is 9.00 Å². The molecule has 1 aliphatic heterocycles. The molecule has 0 aliphatic carbocycles. The molecule has 1 unspecified atom stereocenters. The Morgan fingerprint density at radius 2 is 1.97 bits per heavy atom. The molecule has 162 valence electrons. The largest absolute Gasteiger partial charge is 0.484 e. The highest BCUT2D eigenvalue weighted by Gasteiger charge is 2.20. The summed E-state index contributed by atoms with van der Waals surface area (Å²) >= 11 is 0. The van der Waals surface area contributed by atoms with Gasteiger partial charge in [0.2, 0.25) is 0 Å². The predicted molar refractivity (Wildman–Crippen MR) is 122 cm³/mol. The Balaban J connectivity index is 1.52. The third-order valence-electron chi connectivity index (χ3n) is 5.29. The Labute approximate surface area is 181 Å². The number of amides is 1. The van der Waals surface area contributed by atoms with Gasteiger partial charge in [0, 0.05) is 40.7 Å². The zero-order chi connectivity index (χ0) is 21.5. The topological polar surface area (TPSA) is 64.6 Å². The summed E-state index contributed by atoms with van der Waals surface area (Å²) in [4.78, 5) is 12.3. The maximum absolute atomic E-state index is 12.6. The third kappa shape index (κ3) is 6.41. The Hall–Kier alpha value is -2.18. The quantitative estimate of drug-likeness (QED) is 0.668. The van der Waals surface area contributed by atoms with Crippen LogP contribution in [0.4, 0.5) is 5.69 Å². The number of hydrogen-bond donors (Lipinski definition) is 1. The highest BCUT2D eigenvalue weighted by molar-refractivity contribution is 7.84. The standard InChI is InChI=1S/C24H31NO4S/c1-17(2)23-8-7-21(13-18(23)3)29-15-24(26)25-20-6-4-5-19(14-20)16-30(27)22-9-11-28-12-10-22/h4-8,13-14,17,22H,9-12,15-16H2,1-3H3,(H,25,26). The number of aryl methyl sites for hydroxylation is 1. The van der Waals surface area contributed by atoms with Gasteiger partial charge in [-0.3, -0.25) is 9.00 Å². The van der Waals surface area contributed by atoms with Gasteiger partial charge in [0.05, 0.1) is 0 Å². The van der Waals surface area contributed by atoms with Gasteiger partial charge in [-0.25, -0.2) is 0 Å². The molecule has 2 aromatic rings. The van der Waals surface area contributed by atoms with E-state index in [-0.39, 0.29) is 17.8 Å². The average Bonchev–Trinajstić information content (AvgIpc) is 2.73. The van der Waals surface area contributed by atoms with Crippen molar-refractivity contribution in [2.45, 2.75) is 50.5 Å². The number of nitrogens with one attached hydrogen (secondary N) is 1. The van der Waals surface area contributed by atoms with E-state index in [1.54, 1.807) is 0 Å². The first-order chi connectivity index (χ1) is 14.4. The number of ether oxygens (including phenoxy) is 2. The van der Waals surface area contributed by atoms with E-state index >= 15 is 0 Å². The summed E-state index contributed by atoms with van der Waals surface area (Å²) < 4.78 is 23.6. The monoisotopic (exact) mass is 429 g/mol. The van der Waals surface area contributed by atoms with Crippen molar-refractivity contribution >= 4 is 22.4 Å². The van der Waals surface area contributed by atoms with Crippen LogP contribution in [0.5, 0.6) is 5.75 Å². The summed E-state index contributed by atoms with van der Waals surface area (Å²) in [6, 6.07) is 13.5. The van der Waals surface area contributed by atoms with E-state index in [0.29, 0.717) is 36.3 Å². The lowest BCUT2D eigenvalue weighted by atomic mass is 9.98. The minimum atomic E-state index is -0.932. The number of carbonyl (C=O) groups is 1. The Morgan fingerprint density at radius 3 is 2.67 bits per heavy atom. The van der Waals surface area contributed by atoms with Crippen molar-refractivity contribution in [2.24, 2.45) is 0 Å². The normalized spacial score (nSPS) is 15.7. The van der Waals surface area contributed by atoms with E-state index in [0.717, 1.165) is 24.0 Å². The Kier molecular flexibility index (Phi) is 8.05. The van der Waals surface area contributed by atoms with Crippen molar-refractivity contribution < 1.29 is 18.5 Å². The van der Waals surface area contributed by atoms with Crippen LogP contribution in [0.25, 0.3) is 0 Å². The predicted octanol–water partition coefficient (Wildman–Crippen LogP) is 4.56. The summed E-state index contributed by atoms with van der Waals surface area (Å²) in [5.74, 6) is 1.41. The van der Waals surface area contributed by atoms with Crippen molar-refractivity contribution in [3.05, 3.63) is 59.2 Å². The van der Waals surface area contributed by atoms with Crippen LogP contribution in [0.15, 0.2) is 42.5 Å². The number of anilines is 1. The van der Waals surface area contributed by atoms with E-state index in [1.165, 1.54) is 5.56 Å². The van der Waals surface area contributed by atoms with Crippen LogP contribution in [0.3, 0.4) is 0 Å². The zero-order valence-corrected chi connectivity index (χ0v) is 18.8. The van der Waals surface area contributed by atoms with E-state index in [4.69, 9.17) is 9.47 Å². The smallest absolute Gasteiger partial charge is 0.262 e. The van der Waals surface area contributed by atoms with Gasteiger partial charge in [-0.15, -0.1) is 0 Å². The molecule has 0 bridgehead atoms. The van der Waals surface area contributed by atoms with Gasteiger partial charge >= 0.3 is 0 Å². The maximum Gasteiger partial charge on any atom is 0.262 e. The summed E-state index contributed by atoms with van der Waals surface area (Å²) in [6.07, 6.45) is 1.69. The average molecular weight is 430 g/mol. The second-order valence-corrected chi connectivity index (χ2v) is 9.76. The molecule has 1 N–H and O–H groups in total. The minimum Gasteiger partial charge on any atom is -0.484 e. The second kappa shape index (κ2) is 10.7. The van der Waals surface area contributed by atoms with Crippen LogP contribution < -0.4 is 10.1 Å². The molecule has 1 atom stereocenters. The van der Waals surface area contributed by atoms with Gasteiger partial charge in [-0.2, -0.15) is 0 Å². The molecule has 2 aromatic carbocycles. The van der Waals surface area contributed by atoms with Crippen LogP contribution in [-0.4, -0.2) is 35.2 Å². The van der Waals surface area contributed by atoms with Gasteiger partial charge in [0.1, 0.15) is 5.75 Å². The van der Waals surface area contributed by atoms with Crippen LogP contribution >= 0.6 is 0 Å². The van der Waals surface area contributed by atoms with Gasteiger partial charge in [0.25, 0.3) is 5.91 Å². The Morgan fingerprint density at radius 1 is 1.20 bits per heavy atom. The molecular formula is C24H31NO4S. The number of hydrogen-bond acceptors (Lipinski definition) is 4. The van der Waals surface area contributed by atoms with Crippen LogP contribution in [0.1, 0.15) is 49.3 Å². The summed E-state index contributed by atoms with van der Waals surface area (Å²) in [5, 5.41) is 3.06. The molecule has 3 rings (SSSR count). The molecule has 1 fully saturated rings. The molecular weight excluding hydrogens is 398 g/mol. The van der Waals surface area contributed by atoms with Crippen molar-refractivity contribution in [2.75, 3.05) is 25.1 Å². The lowest BCUT2D eigenvalue weighted by molar-refractivity contribution is -0.118. The SMILES string of the molecule is Cc1cc(OCC(=O)Nc2cccc(CS(=O)C3CCOCC3)c2)ccc1C(C)C. The van der Waals surface area contributed by atoms with E-state index < -0.39 is 10.8 Å². The summed E-state index contributed by atoms with van der Waals surface area (Å²) in [5.41, 5.74) is 4.09. The molecule has 1 saturated heterocycles. The molecule has 1 aliphatic rings. The molecule has 0 radical (unpaired) electrons. The molecule has 5 nitrogen and oxygen atoms in total. The van der Waals surface area contributed by atoms with Gasteiger partial charge < -0.3 is 14.8 Å². The van der Waals surface area contributed by atoms with Crippen LogP contribution in [0.2, 0.25) is 0 Å². The van der Waals surface area contributed by atoms with Crippen molar-refractivity contribution in [1.29, 1.82) is 0 Å². The Bertz CT molecular complexity index is 891. The molecule has 6 heteroatoms. The zero-order valence-electron chi connectivity index (χ0n) is 18.0. The summed E-state index contributed by atoms with van der Waals surface area (Å²) in [6.45, 7) is 7.68. The van der Waals surface area contributed by atoms with Gasteiger partial charge in [-0.1, -0.05) is 32.0 Å². The van der Waals surface area contributed by atoms with Crippen LogP contribution in [-0.2, 0) is 26.1 Å². The minimum absolute atomic E-state index is 0.0568. The lowest BCUT2D eigenvalue weighted by Crippen LogP contribution is -2.25. The van der Waals surface area contributed by atoms with E-state index in [2.05, 4.69) is 32.2 Å². The number of carbonyl (C=O) groups excluding carboxylic acids is 1. The number of benzene rings is 2. The van der Waals surface area contributed by atoms with Crippen molar-refractivity contribution in [3.8, 4) is 5.75 Å². The maximum atomic E-state index is 12.6. The molecule has 1 heterocycles. The fourth-order valence-corrected chi connectivity index (χ4v) is 5.15. The first-order valence-electron chi connectivity index (χ1n) is 10.5. The first-order valence-corrected chi connectivity index (χ1v) is 11.9. The highest BCUT2D eigenvalue weighted by atomic mass is 32.2. The van der Waals surface area contributed by atoms with Gasteiger partial charge in [0.15, 0.2) is 6.61 Å². The molecule has 0 saturated carbocycles. The fraction of sp³-hybridized carbons (Fsp3) is 0.458. The third-order valence-corrected chi connectivity index (χ3v) is 7.13. The van der Waals surface area contributed by atoms with Gasteiger partial charge in [-0.05, 0) is 66.6 Å². The highest BCUT2D eigenvalue weighted by Crippen LogP contribution is 2.23. The van der Waals surface area contributed by atoms with Crippen LogP contribution in [0, 0.1) is 6.92 Å². The van der Waals surface area contributed by atoms with Crippen molar-refractivity contribution in [3.63, 3.8) is 0 Å². The molecule has 0 aromatic heterocycles. The second-order valence-electron chi connectivity index (χ2n) is 8.05. The fourth-order valence-electron chi connectivity index (χ4n) is 3.69. The first kappa shape index (κ1) is 22.5. The van der Waals surface area contributed by atoms with E-state index in [1.807, 2.05) is 36.4 Å². The summed E-state index contributed by atoms with van der Waals surface area (Å²) in [7, 11) is -0.932. The molecule has 0 spiro atoms. The molecule has 1 amide bonds.